The number of rotatable bonds is 3. The molecule has 4 heteroatoms. The van der Waals surface area contributed by atoms with Crippen LogP contribution in [0.25, 0.3) is 0 Å². The number of likely N-dealkylation sites (N-methyl/N-ethyl adjacent to an activating group) is 2. The van der Waals surface area contributed by atoms with E-state index in [0.29, 0.717) is 12.6 Å². The second kappa shape index (κ2) is 5.32. The molecule has 0 aromatic carbocycles. The van der Waals surface area contributed by atoms with Crippen LogP contribution in [0.1, 0.15) is 13.8 Å². The number of carbonyl (C=O) groups excluding carboxylic acids is 1. The Labute approximate surface area is 86.2 Å². The number of hydrogen-bond donors (Lipinski definition) is 1. The van der Waals surface area contributed by atoms with Gasteiger partial charge in [0.2, 0.25) is 5.91 Å². The predicted octanol–water partition coefficient (Wildman–Crippen LogP) is -0.242. The second-order valence-electron chi connectivity index (χ2n) is 3.98. The molecule has 4 nitrogen and oxygen atoms in total. The van der Waals surface area contributed by atoms with E-state index in [4.69, 9.17) is 0 Å². The Morgan fingerprint density at radius 2 is 2.21 bits per heavy atom. The predicted molar refractivity (Wildman–Crippen MR) is 57.2 cm³/mol. The van der Waals surface area contributed by atoms with Crippen LogP contribution in [-0.2, 0) is 4.79 Å². The van der Waals surface area contributed by atoms with Gasteiger partial charge in [0.25, 0.3) is 0 Å². The summed E-state index contributed by atoms with van der Waals surface area (Å²) in [7, 11) is 2.10. The fraction of sp³-hybridized carbons (Fsp3) is 0.900. The van der Waals surface area contributed by atoms with Gasteiger partial charge in [-0.1, -0.05) is 6.92 Å². The van der Waals surface area contributed by atoms with Gasteiger partial charge >= 0.3 is 0 Å². The largest absolute Gasteiger partial charge is 0.336 e. The molecule has 0 aromatic rings. The van der Waals surface area contributed by atoms with Gasteiger partial charge in [-0.2, -0.15) is 0 Å². The van der Waals surface area contributed by atoms with Crippen LogP contribution in [0.4, 0.5) is 0 Å². The number of nitrogens with zero attached hydrogens (tertiary/aromatic N) is 2. The van der Waals surface area contributed by atoms with Crippen LogP contribution in [0, 0.1) is 0 Å². The SMILES string of the molecule is CCNCC(=O)N1CCN(C)CC1C. The van der Waals surface area contributed by atoms with Crippen molar-refractivity contribution in [3.63, 3.8) is 0 Å². The number of amides is 1. The second-order valence-corrected chi connectivity index (χ2v) is 3.98. The molecule has 1 aliphatic heterocycles. The highest BCUT2D eigenvalue weighted by Gasteiger charge is 2.24. The van der Waals surface area contributed by atoms with Crippen molar-refractivity contribution in [1.29, 1.82) is 0 Å². The molecule has 14 heavy (non-hydrogen) atoms. The zero-order valence-corrected chi connectivity index (χ0v) is 9.42. The molecule has 1 saturated heterocycles. The Morgan fingerprint density at radius 3 is 2.79 bits per heavy atom. The molecular formula is C10H21N3O. The van der Waals surface area contributed by atoms with Crippen molar-refractivity contribution in [2.45, 2.75) is 19.9 Å². The first kappa shape index (κ1) is 11.5. The fourth-order valence-electron chi connectivity index (χ4n) is 1.84. The quantitative estimate of drug-likeness (QED) is 0.681. The Balaban J connectivity index is 2.39. The lowest BCUT2D eigenvalue weighted by Gasteiger charge is -2.38. The van der Waals surface area contributed by atoms with Gasteiger partial charge in [0, 0.05) is 25.7 Å². The molecule has 1 heterocycles. The molecule has 0 spiro atoms. The van der Waals surface area contributed by atoms with Gasteiger partial charge in [-0.25, -0.2) is 0 Å². The molecule has 1 amide bonds. The third-order valence-corrected chi connectivity index (χ3v) is 2.68. The van der Waals surface area contributed by atoms with E-state index in [0.717, 1.165) is 26.2 Å². The molecule has 0 saturated carbocycles. The molecule has 82 valence electrons. The van der Waals surface area contributed by atoms with E-state index in [1.54, 1.807) is 0 Å². The highest BCUT2D eigenvalue weighted by atomic mass is 16.2. The van der Waals surface area contributed by atoms with E-state index in [9.17, 15) is 4.79 Å². The van der Waals surface area contributed by atoms with E-state index < -0.39 is 0 Å². The normalized spacial score (nSPS) is 23.9. The Bertz CT molecular complexity index is 196. The van der Waals surface area contributed by atoms with Crippen LogP contribution in [0.2, 0.25) is 0 Å². The van der Waals surface area contributed by atoms with Crippen LogP contribution in [0.5, 0.6) is 0 Å². The van der Waals surface area contributed by atoms with E-state index in [1.165, 1.54) is 0 Å². The molecule has 1 aliphatic rings. The highest BCUT2D eigenvalue weighted by Crippen LogP contribution is 2.07. The standard InChI is InChI=1S/C10H21N3O/c1-4-11-7-10(14)13-6-5-12(3)8-9(13)2/h9,11H,4-8H2,1-3H3. The number of piperazine rings is 1. The van der Waals surface area contributed by atoms with Crippen molar-refractivity contribution >= 4 is 5.91 Å². The van der Waals surface area contributed by atoms with Gasteiger partial charge < -0.3 is 15.1 Å². The monoisotopic (exact) mass is 199 g/mol. The molecular weight excluding hydrogens is 178 g/mol. The van der Waals surface area contributed by atoms with Gasteiger partial charge in [-0.05, 0) is 20.5 Å². The molecule has 1 rings (SSSR count). The van der Waals surface area contributed by atoms with Crippen molar-refractivity contribution in [2.75, 3.05) is 39.8 Å². The molecule has 0 radical (unpaired) electrons. The first-order valence-corrected chi connectivity index (χ1v) is 5.34. The summed E-state index contributed by atoms with van der Waals surface area (Å²) in [6.07, 6.45) is 0. The van der Waals surface area contributed by atoms with Gasteiger partial charge in [0.05, 0.1) is 6.54 Å². The molecule has 0 aromatic heterocycles. The Kier molecular flexibility index (Phi) is 4.35. The third-order valence-electron chi connectivity index (χ3n) is 2.68. The third kappa shape index (κ3) is 2.96. The Hall–Kier alpha value is -0.610. The van der Waals surface area contributed by atoms with E-state index >= 15 is 0 Å². The van der Waals surface area contributed by atoms with E-state index in [1.807, 2.05) is 11.8 Å². The first-order valence-electron chi connectivity index (χ1n) is 5.34. The minimum atomic E-state index is 0.229. The molecule has 1 unspecified atom stereocenters. The lowest BCUT2D eigenvalue weighted by molar-refractivity contribution is -0.134. The first-order chi connectivity index (χ1) is 6.65. The van der Waals surface area contributed by atoms with Crippen molar-refractivity contribution in [3.05, 3.63) is 0 Å². The van der Waals surface area contributed by atoms with Crippen molar-refractivity contribution in [2.24, 2.45) is 0 Å². The molecule has 1 atom stereocenters. The van der Waals surface area contributed by atoms with Gasteiger partial charge in [-0.3, -0.25) is 4.79 Å². The van der Waals surface area contributed by atoms with Crippen LogP contribution in [-0.4, -0.2) is 61.5 Å². The van der Waals surface area contributed by atoms with Gasteiger partial charge in [0.1, 0.15) is 0 Å². The van der Waals surface area contributed by atoms with Gasteiger partial charge in [0.15, 0.2) is 0 Å². The lowest BCUT2D eigenvalue weighted by atomic mass is 10.2. The summed E-state index contributed by atoms with van der Waals surface area (Å²) < 4.78 is 0. The van der Waals surface area contributed by atoms with Crippen LogP contribution >= 0.6 is 0 Å². The number of hydrogen-bond acceptors (Lipinski definition) is 3. The number of carbonyl (C=O) groups is 1. The summed E-state index contributed by atoms with van der Waals surface area (Å²) in [6.45, 7) is 8.29. The summed E-state index contributed by atoms with van der Waals surface area (Å²) >= 11 is 0. The van der Waals surface area contributed by atoms with Crippen molar-refractivity contribution < 1.29 is 4.79 Å². The smallest absolute Gasteiger partial charge is 0.236 e. The Morgan fingerprint density at radius 1 is 1.50 bits per heavy atom. The summed E-state index contributed by atoms with van der Waals surface area (Å²) in [4.78, 5) is 16.0. The van der Waals surface area contributed by atoms with Crippen LogP contribution in [0.15, 0.2) is 0 Å². The maximum Gasteiger partial charge on any atom is 0.236 e. The summed E-state index contributed by atoms with van der Waals surface area (Å²) in [5.41, 5.74) is 0. The molecule has 1 fully saturated rings. The summed E-state index contributed by atoms with van der Waals surface area (Å²) in [5.74, 6) is 0.229. The molecule has 0 aliphatic carbocycles. The molecule has 1 N–H and O–H groups in total. The zero-order valence-electron chi connectivity index (χ0n) is 9.42. The van der Waals surface area contributed by atoms with E-state index in [2.05, 4.69) is 24.2 Å². The average molecular weight is 199 g/mol. The highest BCUT2D eigenvalue weighted by molar-refractivity contribution is 5.78. The van der Waals surface area contributed by atoms with Crippen LogP contribution in [0.3, 0.4) is 0 Å². The van der Waals surface area contributed by atoms with Crippen molar-refractivity contribution in [1.82, 2.24) is 15.1 Å². The molecule has 0 bridgehead atoms. The van der Waals surface area contributed by atoms with E-state index in [-0.39, 0.29) is 5.91 Å². The van der Waals surface area contributed by atoms with Crippen LogP contribution < -0.4 is 5.32 Å². The lowest BCUT2D eigenvalue weighted by Crippen LogP contribution is -2.54. The minimum Gasteiger partial charge on any atom is -0.336 e. The fourth-order valence-corrected chi connectivity index (χ4v) is 1.84. The summed E-state index contributed by atoms with van der Waals surface area (Å²) in [5, 5.41) is 3.07. The maximum atomic E-state index is 11.7. The average Bonchev–Trinajstić information content (AvgIpc) is 2.14. The summed E-state index contributed by atoms with van der Waals surface area (Å²) in [6, 6.07) is 0.347. The number of nitrogens with one attached hydrogen (secondary N) is 1. The maximum absolute atomic E-state index is 11.7. The van der Waals surface area contributed by atoms with Crippen molar-refractivity contribution in [3.8, 4) is 0 Å². The zero-order chi connectivity index (χ0) is 10.6. The topological polar surface area (TPSA) is 35.6 Å². The van der Waals surface area contributed by atoms with Gasteiger partial charge in [-0.15, -0.1) is 0 Å². The minimum absolute atomic E-state index is 0.229.